The first kappa shape index (κ1) is 19.5. The highest BCUT2D eigenvalue weighted by molar-refractivity contribution is 7.89. The highest BCUT2D eigenvalue weighted by Crippen LogP contribution is 2.06. The van der Waals surface area contributed by atoms with Crippen LogP contribution < -0.4 is 10.0 Å². The number of hydrogen-bond acceptors (Lipinski definition) is 4. The van der Waals surface area contributed by atoms with Gasteiger partial charge in [-0.15, -0.1) is 11.6 Å². The zero-order chi connectivity index (χ0) is 15.6. The molecule has 0 aliphatic rings. The van der Waals surface area contributed by atoms with Crippen molar-refractivity contribution >= 4 is 27.7 Å². The van der Waals surface area contributed by atoms with Crippen LogP contribution in [0.15, 0.2) is 0 Å². The van der Waals surface area contributed by atoms with E-state index < -0.39 is 21.7 Å². The maximum absolute atomic E-state index is 11.3. The molecule has 0 heterocycles. The van der Waals surface area contributed by atoms with Crippen molar-refractivity contribution < 1.29 is 17.9 Å². The zero-order valence-electron chi connectivity index (χ0n) is 12.4. The maximum Gasteiger partial charge on any atom is 0.407 e. The van der Waals surface area contributed by atoms with E-state index in [0.29, 0.717) is 13.1 Å². The number of hydrogen-bond donors (Lipinski definition) is 2. The second-order valence-electron chi connectivity index (χ2n) is 5.39. The molecule has 20 heavy (non-hydrogen) atoms. The number of ether oxygens (including phenoxy) is 1. The summed E-state index contributed by atoms with van der Waals surface area (Å²) in [4.78, 5) is 11.3. The standard InChI is InChI=1S/C12H25ClN2O4S/c1-12(2,3)19-11(16)14-8-5-4-6-9-15-20(17,18)10-7-13/h15H,4-10H2,1-3H3,(H,14,16). The minimum atomic E-state index is -3.23. The van der Waals surface area contributed by atoms with Gasteiger partial charge in [-0.2, -0.15) is 0 Å². The van der Waals surface area contributed by atoms with Gasteiger partial charge in [-0.1, -0.05) is 6.42 Å². The van der Waals surface area contributed by atoms with Crippen LogP contribution in [0.4, 0.5) is 4.79 Å². The summed E-state index contributed by atoms with van der Waals surface area (Å²) in [6.45, 7) is 6.33. The van der Waals surface area contributed by atoms with E-state index in [1.165, 1.54) is 0 Å². The lowest BCUT2D eigenvalue weighted by Gasteiger charge is -2.19. The van der Waals surface area contributed by atoms with Crippen LogP contribution in [-0.2, 0) is 14.8 Å². The molecule has 0 radical (unpaired) electrons. The first-order chi connectivity index (χ1) is 9.16. The van der Waals surface area contributed by atoms with Crippen molar-refractivity contribution in [2.75, 3.05) is 24.7 Å². The first-order valence-corrected chi connectivity index (χ1v) is 8.85. The summed E-state index contributed by atoms with van der Waals surface area (Å²) in [6, 6.07) is 0. The van der Waals surface area contributed by atoms with Crippen LogP contribution in [-0.4, -0.2) is 44.8 Å². The average Bonchev–Trinajstić information content (AvgIpc) is 2.25. The smallest absolute Gasteiger partial charge is 0.407 e. The van der Waals surface area contributed by atoms with Crippen molar-refractivity contribution in [1.29, 1.82) is 0 Å². The number of alkyl carbamates (subject to hydrolysis) is 1. The molecule has 2 N–H and O–H groups in total. The Bertz CT molecular complexity index is 379. The summed E-state index contributed by atoms with van der Waals surface area (Å²) in [5, 5.41) is 2.65. The third-order valence-electron chi connectivity index (χ3n) is 2.19. The Morgan fingerprint density at radius 3 is 2.30 bits per heavy atom. The molecule has 0 saturated carbocycles. The van der Waals surface area contributed by atoms with Crippen molar-refractivity contribution in [3.63, 3.8) is 0 Å². The van der Waals surface area contributed by atoms with Crippen LogP contribution in [0.1, 0.15) is 40.0 Å². The number of rotatable bonds is 9. The van der Waals surface area contributed by atoms with E-state index in [2.05, 4.69) is 10.0 Å². The molecule has 120 valence electrons. The van der Waals surface area contributed by atoms with Crippen molar-refractivity contribution in [2.24, 2.45) is 0 Å². The number of amides is 1. The molecule has 0 fully saturated rings. The molecule has 0 aromatic carbocycles. The lowest BCUT2D eigenvalue weighted by atomic mass is 10.2. The van der Waals surface area contributed by atoms with Crippen LogP contribution >= 0.6 is 11.6 Å². The molecule has 0 aromatic rings. The zero-order valence-corrected chi connectivity index (χ0v) is 13.9. The van der Waals surface area contributed by atoms with E-state index >= 15 is 0 Å². The molecule has 0 spiro atoms. The Morgan fingerprint density at radius 1 is 1.15 bits per heavy atom. The number of carbonyl (C=O) groups is 1. The van der Waals surface area contributed by atoms with Gasteiger partial charge < -0.3 is 10.1 Å². The van der Waals surface area contributed by atoms with Crippen molar-refractivity contribution in [3.8, 4) is 0 Å². The van der Waals surface area contributed by atoms with Crippen LogP contribution in [0.2, 0.25) is 0 Å². The molecule has 6 nitrogen and oxygen atoms in total. The molecule has 0 rings (SSSR count). The summed E-state index contributed by atoms with van der Waals surface area (Å²) in [5.41, 5.74) is -0.495. The Kier molecular flexibility index (Phi) is 9.16. The van der Waals surface area contributed by atoms with Crippen LogP contribution in [0.25, 0.3) is 0 Å². The molecule has 0 aromatic heterocycles. The SMILES string of the molecule is CC(C)(C)OC(=O)NCCCCCNS(=O)(=O)CCCl. The number of sulfonamides is 1. The first-order valence-electron chi connectivity index (χ1n) is 6.66. The molecule has 8 heteroatoms. The van der Waals surface area contributed by atoms with Gasteiger partial charge >= 0.3 is 6.09 Å². The van der Waals surface area contributed by atoms with Gasteiger partial charge in [-0.3, -0.25) is 0 Å². The topological polar surface area (TPSA) is 84.5 Å². The van der Waals surface area contributed by atoms with Gasteiger partial charge in [0, 0.05) is 19.0 Å². The fraction of sp³-hybridized carbons (Fsp3) is 0.917. The molecule has 0 bridgehead atoms. The van der Waals surface area contributed by atoms with Gasteiger partial charge in [-0.05, 0) is 33.6 Å². The molecule has 0 atom stereocenters. The number of halogens is 1. The molecule has 0 saturated heterocycles. The molecule has 0 aliphatic carbocycles. The number of nitrogens with one attached hydrogen (secondary N) is 2. The predicted octanol–water partition coefficient (Wildman–Crippen LogP) is 1.84. The van der Waals surface area contributed by atoms with Gasteiger partial charge in [0.25, 0.3) is 0 Å². The molecule has 0 unspecified atom stereocenters. The lowest BCUT2D eigenvalue weighted by molar-refractivity contribution is 0.0527. The summed E-state index contributed by atoms with van der Waals surface area (Å²) in [6.07, 6.45) is 1.88. The molecule has 1 amide bonds. The minimum Gasteiger partial charge on any atom is -0.444 e. The second-order valence-corrected chi connectivity index (χ2v) is 7.70. The quantitative estimate of drug-likeness (QED) is 0.499. The predicted molar refractivity (Wildman–Crippen MR) is 80.6 cm³/mol. The molecule has 0 aliphatic heterocycles. The number of carbonyl (C=O) groups excluding carboxylic acids is 1. The normalized spacial score (nSPS) is 12.2. The van der Waals surface area contributed by atoms with Crippen molar-refractivity contribution in [2.45, 2.75) is 45.6 Å². The van der Waals surface area contributed by atoms with E-state index in [-0.39, 0.29) is 11.6 Å². The van der Waals surface area contributed by atoms with Crippen molar-refractivity contribution in [3.05, 3.63) is 0 Å². The third kappa shape index (κ3) is 12.5. The Hall–Kier alpha value is -0.530. The Labute approximate surface area is 126 Å². The Balaban J connectivity index is 3.53. The second kappa shape index (κ2) is 9.41. The fourth-order valence-electron chi connectivity index (χ4n) is 1.33. The monoisotopic (exact) mass is 328 g/mol. The number of unbranched alkanes of at least 4 members (excludes halogenated alkanes) is 2. The van der Waals surface area contributed by atoms with Gasteiger partial charge in [0.1, 0.15) is 5.60 Å². The molecular weight excluding hydrogens is 304 g/mol. The highest BCUT2D eigenvalue weighted by atomic mass is 35.5. The Morgan fingerprint density at radius 2 is 1.75 bits per heavy atom. The molecular formula is C12H25ClN2O4S. The third-order valence-corrected chi connectivity index (χ3v) is 3.99. The van der Waals surface area contributed by atoms with Crippen LogP contribution in [0.5, 0.6) is 0 Å². The lowest BCUT2D eigenvalue weighted by Crippen LogP contribution is -2.33. The summed E-state index contributed by atoms with van der Waals surface area (Å²) in [7, 11) is -3.23. The van der Waals surface area contributed by atoms with Gasteiger partial charge in [0.15, 0.2) is 0 Å². The fourth-order valence-corrected chi connectivity index (χ4v) is 2.75. The van der Waals surface area contributed by atoms with E-state index in [1.807, 2.05) is 0 Å². The van der Waals surface area contributed by atoms with E-state index in [1.54, 1.807) is 20.8 Å². The van der Waals surface area contributed by atoms with E-state index in [9.17, 15) is 13.2 Å². The highest BCUT2D eigenvalue weighted by Gasteiger charge is 2.15. The number of alkyl halides is 1. The largest absolute Gasteiger partial charge is 0.444 e. The average molecular weight is 329 g/mol. The van der Waals surface area contributed by atoms with Crippen LogP contribution in [0.3, 0.4) is 0 Å². The maximum atomic E-state index is 11.3. The van der Waals surface area contributed by atoms with Crippen molar-refractivity contribution in [1.82, 2.24) is 10.0 Å². The van der Waals surface area contributed by atoms with Gasteiger partial charge in [0.05, 0.1) is 5.75 Å². The summed E-state index contributed by atoms with van der Waals surface area (Å²) < 4.78 is 30.1. The summed E-state index contributed by atoms with van der Waals surface area (Å²) in [5.74, 6) is 0.0316. The van der Waals surface area contributed by atoms with E-state index in [0.717, 1.165) is 19.3 Å². The van der Waals surface area contributed by atoms with Crippen LogP contribution in [0, 0.1) is 0 Å². The van der Waals surface area contributed by atoms with E-state index in [4.69, 9.17) is 16.3 Å². The minimum absolute atomic E-state index is 0.0608. The van der Waals surface area contributed by atoms with Gasteiger partial charge in [0.2, 0.25) is 10.0 Å². The summed E-state index contributed by atoms with van der Waals surface area (Å²) >= 11 is 5.37. The van der Waals surface area contributed by atoms with Gasteiger partial charge in [-0.25, -0.2) is 17.9 Å².